The molecule has 0 saturated carbocycles. The lowest BCUT2D eigenvalue weighted by Gasteiger charge is -1.99. The molecular weight excluding hydrogens is 248 g/mol. The molecule has 0 aromatic rings. The monoisotopic (exact) mass is 258 g/mol. The molecule has 0 unspecified atom stereocenters. The third kappa shape index (κ3) is 3.68. The topological polar surface area (TPSA) is 123 Å². The zero-order valence-corrected chi connectivity index (χ0v) is 9.71. The van der Waals surface area contributed by atoms with Gasteiger partial charge in [-0.25, -0.2) is 0 Å². The van der Waals surface area contributed by atoms with Crippen LogP contribution < -0.4 is 0 Å². The molecule has 0 fully saturated rings. The summed E-state index contributed by atoms with van der Waals surface area (Å²) in [4.78, 5) is 2.16. The minimum Gasteiger partial charge on any atom is -0.359 e. The predicted octanol–water partition coefficient (Wildman–Crippen LogP) is -0.695. The van der Waals surface area contributed by atoms with Crippen molar-refractivity contribution in [2.24, 2.45) is 0 Å². The first-order chi connectivity index (χ1) is 6.81. The average molecular weight is 258 g/mol. The van der Waals surface area contributed by atoms with Crippen molar-refractivity contribution in [3.63, 3.8) is 0 Å². The number of hydrogen-bond donors (Lipinski definition) is 0. The Labute approximate surface area is 87.7 Å². The normalized spacial score (nSPS) is 12.1. The van der Waals surface area contributed by atoms with Crippen LogP contribution in [0.4, 0.5) is 0 Å². The van der Waals surface area contributed by atoms with Crippen molar-refractivity contribution in [3.05, 3.63) is 5.53 Å². The Balaban J connectivity index is 5.41. The van der Waals surface area contributed by atoms with E-state index in [4.69, 9.17) is 5.53 Å². The summed E-state index contributed by atoms with van der Waals surface area (Å²) >= 11 is 0. The van der Waals surface area contributed by atoms with Crippen LogP contribution in [-0.4, -0.2) is 39.2 Å². The highest BCUT2D eigenvalue weighted by atomic mass is 32.3. The van der Waals surface area contributed by atoms with Crippen LogP contribution in [0, 0.1) is 0 Å². The highest BCUT2D eigenvalue weighted by Crippen LogP contribution is 2.05. The Morgan fingerprint density at radius 2 is 1.40 bits per heavy atom. The van der Waals surface area contributed by atoms with Gasteiger partial charge in [-0.3, -0.25) is 8.37 Å². The molecule has 15 heavy (non-hydrogen) atoms. The number of hydrogen-bond acceptors (Lipinski definition) is 6. The van der Waals surface area contributed by atoms with E-state index in [9.17, 15) is 16.8 Å². The van der Waals surface area contributed by atoms with Gasteiger partial charge in [0.1, 0.15) is 0 Å². The summed E-state index contributed by atoms with van der Waals surface area (Å²) in [7, 11) is -9.23. The van der Waals surface area contributed by atoms with E-state index in [1.165, 1.54) is 13.8 Å². The largest absolute Gasteiger partial charge is 0.546 e. The summed E-state index contributed by atoms with van der Waals surface area (Å²) in [5, 5.41) is 0. The molecule has 0 aliphatic carbocycles. The molecule has 0 N–H and O–H groups in total. The van der Waals surface area contributed by atoms with Gasteiger partial charge in [-0.2, -0.15) is 16.8 Å². The Bertz CT molecular complexity index is 420. The van der Waals surface area contributed by atoms with E-state index < -0.39 is 24.6 Å². The van der Waals surface area contributed by atoms with Crippen LogP contribution >= 0.6 is 0 Å². The van der Waals surface area contributed by atoms with Crippen molar-refractivity contribution in [3.8, 4) is 0 Å². The molecule has 0 aliphatic heterocycles. The molecule has 0 radical (unpaired) electrons. The maximum atomic E-state index is 11.1. The molecule has 0 atom stereocenters. The van der Waals surface area contributed by atoms with Crippen LogP contribution in [0.1, 0.15) is 13.8 Å². The first-order valence-corrected chi connectivity index (χ1v) is 6.64. The van der Waals surface area contributed by atoms with E-state index in [-0.39, 0.29) is 13.2 Å². The lowest BCUT2D eigenvalue weighted by Crippen LogP contribution is -2.29. The summed E-state index contributed by atoms with van der Waals surface area (Å²) in [5.41, 5.74) is 8.32. The standard InChI is InChI=1S/C5H10N2O6S2/c1-3-12-14(8,9)5(7-6)15(10,11)13-4-2/h3-4H2,1-2H3. The van der Waals surface area contributed by atoms with Gasteiger partial charge in [0, 0.05) is 0 Å². The van der Waals surface area contributed by atoms with E-state index >= 15 is 0 Å². The maximum Gasteiger partial charge on any atom is 0.546 e. The smallest absolute Gasteiger partial charge is 0.359 e. The van der Waals surface area contributed by atoms with Gasteiger partial charge in [0.15, 0.2) is 0 Å². The zero-order valence-electron chi connectivity index (χ0n) is 8.07. The molecule has 0 amide bonds. The summed E-state index contributed by atoms with van der Waals surface area (Å²) in [6.45, 7) is 2.09. The molecule has 0 heterocycles. The second-order valence-electron chi connectivity index (χ2n) is 2.09. The van der Waals surface area contributed by atoms with Gasteiger partial charge >= 0.3 is 24.6 Å². The Hall–Kier alpha value is -0.800. The summed E-state index contributed by atoms with van der Waals surface area (Å²) < 4.78 is 51.2. The van der Waals surface area contributed by atoms with Crippen LogP contribution in [0.2, 0.25) is 0 Å². The highest BCUT2D eigenvalue weighted by molar-refractivity contribution is 8.27. The molecule has 0 saturated heterocycles. The van der Waals surface area contributed by atoms with Gasteiger partial charge in [0.05, 0.1) is 13.2 Å². The van der Waals surface area contributed by atoms with Crippen molar-refractivity contribution in [1.29, 1.82) is 0 Å². The van der Waals surface area contributed by atoms with E-state index in [2.05, 4.69) is 13.2 Å². The van der Waals surface area contributed by atoms with E-state index in [1.807, 2.05) is 0 Å². The zero-order chi connectivity index (χ0) is 12.1. The SMILES string of the molecule is CCOS(=O)(=O)C(=[N+]=[N-])S(=O)(=O)OCC. The lowest BCUT2D eigenvalue weighted by atomic mass is 10.9. The van der Waals surface area contributed by atoms with Gasteiger partial charge < -0.3 is 5.53 Å². The van der Waals surface area contributed by atoms with Crippen LogP contribution in [-0.2, 0) is 28.6 Å². The molecule has 0 rings (SSSR count). The second kappa shape index (κ2) is 5.33. The van der Waals surface area contributed by atoms with Gasteiger partial charge in [0.2, 0.25) is 0 Å². The first-order valence-electron chi connectivity index (χ1n) is 3.82. The molecule has 0 bridgehead atoms. The van der Waals surface area contributed by atoms with Crippen LogP contribution in [0.15, 0.2) is 0 Å². The third-order valence-electron chi connectivity index (χ3n) is 1.06. The Morgan fingerprint density at radius 3 is 1.60 bits per heavy atom. The van der Waals surface area contributed by atoms with E-state index in [0.717, 1.165) is 0 Å². The van der Waals surface area contributed by atoms with E-state index in [1.54, 1.807) is 0 Å². The fraction of sp³-hybridized carbons (Fsp3) is 0.800. The van der Waals surface area contributed by atoms with Gasteiger partial charge in [-0.1, -0.05) is 0 Å². The predicted molar refractivity (Wildman–Crippen MR) is 49.7 cm³/mol. The summed E-state index contributed by atoms with van der Waals surface area (Å²) in [6, 6.07) is 0. The molecular formula is C5H10N2O6S2. The Morgan fingerprint density at radius 1 is 1.07 bits per heavy atom. The summed E-state index contributed by atoms with van der Waals surface area (Å²) in [6.07, 6.45) is 0. The van der Waals surface area contributed by atoms with Crippen molar-refractivity contribution >= 4 is 24.6 Å². The molecule has 10 heteroatoms. The highest BCUT2D eigenvalue weighted by Gasteiger charge is 2.43. The lowest BCUT2D eigenvalue weighted by molar-refractivity contribution is 0.00190. The summed E-state index contributed by atoms with van der Waals surface area (Å²) in [5.74, 6) is 0. The third-order valence-corrected chi connectivity index (χ3v) is 4.39. The second-order valence-corrected chi connectivity index (χ2v) is 5.41. The van der Waals surface area contributed by atoms with Crippen LogP contribution in [0.5, 0.6) is 0 Å². The fourth-order valence-electron chi connectivity index (χ4n) is 0.636. The quantitative estimate of drug-likeness (QED) is 0.216. The molecule has 8 nitrogen and oxygen atoms in total. The molecule has 0 aliphatic rings. The molecule has 88 valence electrons. The van der Waals surface area contributed by atoms with Gasteiger partial charge in [0.25, 0.3) is 0 Å². The molecule has 0 aromatic heterocycles. The average Bonchev–Trinajstić information content (AvgIpc) is 2.02. The van der Waals surface area contributed by atoms with E-state index in [0.29, 0.717) is 0 Å². The minimum atomic E-state index is -4.62. The maximum absolute atomic E-state index is 11.1. The molecule has 0 spiro atoms. The Kier molecular flexibility index (Phi) is 5.05. The van der Waals surface area contributed by atoms with Crippen molar-refractivity contribution in [2.75, 3.05) is 13.2 Å². The first kappa shape index (κ1) is 14.2. The van der Waals surface area contributed by atoms with Crippen LogP contribution in [0.25, 0.3) is 5.53 Å². The molecule has 0 aromatic carbocycles. The van der Waals surface area contributed by atoms with Crippen molar-refractivity contribution in [1.82, 2.24) is 0 Å². The minimum absolute atomic E-state index is 0.289. The van der Waals surface area contributed by atoms with Crippen molar-refractivity contribution < 1.29 is 30.0 Å². The van der Waals surface area contributed by atoms with Crippen LogP contribution in [0.3, 0.4) is 0 Å². The number of nitrogens with zero attached hydrogens (tertiary/aromatic N) is 2. The fourth-order valence-corrected chi connectivity index (χ4v) is 2.95. The number of rotatable bonds is 4. The van der Waals surface area contributed by atoms with Gasteiger partial charge in [-0.15, -0.1) is 4.79 Å². The van der Waals surface area contributed by atoms with Gasteiger partial charge in [-0.05, 0) is 13.8 Å². The van der Waals surface area contributed by atoms with Crippen molar-refractivity contribution in [2.45, 2.75) is 13.8 Å².